The minimum atomic E-state index is -0.315. The highest BCUT2D eigenvalue weighted by atomic mass is 32.1. The molecule has 0 aliphatic heterocycles. The van der Waals surface area contributed by atoms with E-state index in [4.69, 9.17) is 0 Å². The molecule has 0 bridgehead atoms. The first-order valence-corrected chi connectivity index (χ1v) is 8.10. The highest BCUT2D eigenvalue weighted by Gasteiger charge is 2.22. The summed E-state index contributed by atoms with van der Waals surface area (Å²) < 4.78 is 6.26. The quantitative estimate of drug-likeness (QED) is 0.876. The molecule has 1 fully saturated rings. The third kappa shape index (κ3) is 3.21. The maximum Gasteiger partial charge on any atom is 0.203 e. The van der Waals surface area contributed by atoms with Crippen LogP contribution in [0, 0.1) is 0 Å². The molecule has 0 saturated heterocycles. The Kier molecular flexibility index (Phi) is 4.45. The Labute approximate surface area is 127 Å². The number of rotatable bonds is 5. The number of anilines is 1. The van der Waals surface area contributed by atoms with Crippen LogP contribution in [-0.4, -0.2) is 35.8 Å². The molecule has 7 nitrogen and oxygen atoms in total. The largest absolute Gasteiger partial charge is 0.394 e. The van der Waals surface area contributed by atoms with E-state index in [0.29, 0.717) is 11.7 Å². The summed E-state index contributed by atoms with van der Waals surface area (Å²) in [7, 11) is 1.85. The van der Waals surface area contributed by atoms with Gasteiger partial charge in [-0.3, -0.25) is 0 Å². The summed E-state index contributed by atoms with van der Waals surface area (Å²) in [6, 6.07) is -0.315. The van der Waals surface area contributed by atoms with Gasteiger partial charge in [-0.25, -0.2) is 4.98 Å². The second-order valence-electron chi connectivity index (χ2n) is 5.47. The second-order valence-corrected chi connectivity index (χ2v) is 6.22. The van der Waals surface area contributed by atoms with E-state index in [0.717, 1.165) is 11.0 Å². The van der Waals surface area contributed by atoms with E-state index in [1.165, 1.54) is 43.6 Å². The van der Waals surface area contributed by atoms with Crippen LogP contribution in [0.5, 0.6) is 0 Å². The van der Waals surface area contributed by atoms with E-state index in [-0.39, 0.29) is 12.6 Å². The predicted octanol–water partition coefficient (Wildman–Crippen LogP) is 1.86. The lowest BCUT2D eigenvalue weighted by Crippen LogP contribution is -2.19. The first kappa shape index (κ1) is 14.4. The van der Waals surface area contributed by atoms with Crippen LogP contribution in [0.25, 0.3) is 0 Å². The van der Waals surface area contributed by atoms with Crippen LogP contribution < -0.4 is 5.32 Å². The molecule has 21 heavy (non-hydrogen) atoms. The van der Waals surface area contributed by atoms with Crippen molar-refractivity contribution in [2.45, 2.75) is 44.1 Å². The lowest BCUT2D eigenvalue weighted by molar-refractivity contribution is 0.270. The molecule has 1 saturated carbocycles. The van der Waals surface area contributed by atoms with Crippen molar-refractivity contribution in [3.63, 3.8) is 0 Å². The van der Waals surface area contributed by atoms with Gasteiger partial charge < -0.3 is 15.0 Å². The normalized spacial score (nSPS) is 17.8. The number of nitrogens with one attached hydrogen (secondary N) is 1. The highest BCUT2D eigenvalue weighted by molar-refractivity contribution is 7.09. The van der Waals surface area contributed by atoms with Crippen molar-refractivity contribution < 1.29 is 5.11 Å². The highest BCUT2D eigenvalue weighted by Crippen LogP contribution is 2.32. The van der Waals surface area contributed by atoms with Crippen molar-refractivity contribution in [1.29, 1.82) is 0 Å². The van der Waals surface area contributed by atoms with Crippen LogP contribution in [0.1, 0.15) is 55.7 Å². The molecule has 0 radical (unpaired) electrons. The number of nitrogens with zero attached hydrogens (tertiary/aromatic N) is 5. The molecule has 0 aromatic carbocycles. The molecule has 8 heteroatoms. The van der Waals surface area contributed by atoms with Crippen molar-refractivity contribution in [3.8, 4) is 0 Å². The van der Waals surface area contributed by atoms with Crippen molar-refractivity contribution in [2.24, 2.45) is 7.05 Å². The number of aromatic nitrogens is 5. The van der Waals surface area contributed by atoms with Crippen molar-refractivity contribution in [1.82, 2.24) is 24.1 Å². The van der Waals surface area contributed by atoms with E-state index < -0.39 is 0 Å². The van der Waals surface area contributed by atoms with Gasteiger partial charge in [0.05, 0.1) is 6.61 Å². The zero-order chi connectivity index (χ0) is 14.7. The Morgan fingerprint density at radius 1 is 1.43 bits per heavy atom. The van der Waals surface area contributed by atoms with Gasteiger partial charge in [-0.1, -0.05) is 19.3 Å². The summed E-state index contributed by atoms with van der Waals surface area (Å²) in [5.74, 6) is 2.12. The summed E-state index contributed by atoms with van der Waals surface area (Å²) in [6.07, 6.45) is 7.85. The fraction of sp³-hybridized carbons (Fsp3) is 0.692. The number of aliphatic hydroxyl groups is 1. The molecule has 1 aliphatic carbocycles. The summed E-state index contributed by atoms with van der Waals surface area (Å²) in [4.78, 5) is 4.59. The molecule has 2 aromatic heterocycles. The maximum atomic E-state index is 9.55. The maximum absolute atomic E-state index is 9.55. The second kappa shape index (κ2) is 6.48. The minimum Gasteiger partial charge on any atom is -0.394 e. The van der Waals surface area contributed by atoms with Crippen LogP contribution in [-0.2, 0) is 7.05 Å². The fourth-order valence-corrected chi connectivity index (χ4v) is 3.47. The number of hydrogen-bond donors (Lipinski definition) is 2. The van der Waals surface area contributed by atoms with Crippen molar-refractivity contribution in [3.05, 3.63) is 18.0 Å². The Bertz CT molecular complexity index is 577. The van der Waals surface area contributed by atoms with E-state index in [1.807, 2.05) is 7.05 Å². The van der Waals surface area contributed by atoms with E-state index in [1.54, 1.807) is 10.9 Å². The van der Waals surface area contributed by atoms with Gasteiger partial charge in [-0.2, -0.15) is 4.37 Å². The van der Waals surface area contributed by atoms with Gasteiger partial charge in [-0.15, -0.1) is 10.2 Å². The Hall–Kier alpha value is -1.54. The SMILES string of the molecule is Cn1cnnc1C(CO)Nc1nc(C2CCCCC2)ns1. The van der Waals surface area contributed by atoms with Gasteiger partial charge in [-0.05, 0) is 12.8 Å². The molecule has 3 rings (SSSR count). The average molecular weight is 308 g/mol. The Morgan fingerprint density at radius 2 is 2.24 bits per heavy atom. The van der Waals surface area contributed by atoms with Crippen molar-refractivity contribution >= 4 is 16.7 Å². The summed E-state index contributed by atoms with van der Waals surface area (Å²) in [5, 5.41) is 21.4. The molecule has 2 N–H and O–H groups in total. The van der Waals surface area contributed by atoms with Crippen LogP contribution in [0.3, 0.4) is 0 Å². The van der Waals surface area contributed by atoms with Gasteiger partial charge in [0.2, 0.25) is 5.13 Å². The van der Waals surface area contributed by atoms with E-state index in [9.17, 15) is 5.11 Å². The topological polar surface area (TPSA) is 88.8 Å². The Morgan fingerprint density at radius 3 is 2.90 bits per heavy atom. The number of aliphatic hydroxyl groups excluding tert-OH is 1. The molecule has 0 spiro atoms. The molecule has 1 unspecified atom stereocenters. The third-order valence-corrected chi connectivity index (χ3v) is 4.61. The van der Waals surface area contributed by atoms with Gasteiger partial charge in [0, 0.05) is 24.5 Å². The van der Waals surface area contributed by atoms with Gasteiger partial charge >= 0.3 is 0 Å². The summed E-state index contributed by atoms with van der Waals surface area (Å²) in [6.45, 7) is -0.0646. The van der Waals surface area contributed by atoms with E-state index in [2.05, 4.69) is 24.9 Å². The smallest absolute Gasteiger partial charge is 0.203 e. The lowest BCUT2D eigenvalue weighted by atomic mass is 9.89. The molecular formula is C13H20N6OS. The van der Waals surface area contributed by atoms with Crippen LogP contribution in [0.2, 0.25) is 0 Å². The molecule has 2 aromatic rings. The monoisotopic (exact) mass is 308 g/mol. The van der Waals surface area contributed by atoms with Crippen LogP contribution in [0.15, 0.2) is 6.33 Å². The summed E-state index contributed by atoms with van der Waals surface area (Å²) >= 11 is 1.35. The van der Waals surface area contributed by atoms with E-state index >= 15 is 0 Å². The molecule has 0 amide bonds. The van der Waals surface area contributed by atoms with Gasteiger partial charge in [0.15, 0.2) is 5.82 Å². The van der Waals surface area contributed by atoms with Crippen LogP contribution in [0.4, 0.5) is 5.13 Å². The standard InChI is InChI=1S/C13H20N6OS/c1-19-8-14-17-12(19)10(7-20)15-13-16-11(18-21-13)9-5-3-2-4-6-9/h8-10,20H,2-7H2,1H3,(H,15,16,18). The Balaban J connectivity index is 1.69. The van der Waals surface area contributed by atoms with Gasteiger partial charge in [0.1, 0.15) is 18.2 Å². The van der Waals surface area contributed by atoms with Gasteiger partial charge in [0.25, 0.3) is 0 Å². The molecule has 1 aliphatic rings. The van der Waals surface area contributed by atoms with Crippen molar-refractivity contribution in [2.75, 3.05) is 11.9 Å². The zero-order valence-electron chi connectivity index (χ0n) is 12.1. The lowest BCUT2D eigenvalue weighted by Gasteiger charge is -2.18. The first-order chi connectivity index (χ1) is 10.3. The average Bonchev–Trinajstić information content (AvgIpc) is 3.15. The molecule has 1 atom stereocenters. The predicted molar refractivity (Wildman–Crippen MR) is 80.2 cm³/mol. The van der Waals surface area contributed by atoms with Crippen LogP contribution >= 0.6 is 11.5 Å². The first-order valence-electron chi connectivity index (χ1n) is 7.33. The fourth-order valence-electron chi connectivity index (χ4n) is 2.77. The molecular weight excluding hydrogens is 288 g/mol. The summed E-state index contributed by atoms with van der Waals surface area (Å²) in [5.41, 5.74) is 0. The zero-order valence-corrected chi connectivity index (χ0v) is 12.9. The molecule has 114 valence electrons. The number of aryl methyl sites for hydroxylation is 1. The molecule has 2 heterocycles. The number of hydrogen-bond acceptors (Lipinski definition) is 7. The minimum absolute atomic E-state index is 0.0646. The third-order valence-electron chi connectivity index (χ3n) is 3.95.